The average molecular weight is 435 g/mol. The molecule has 0 N–H and O–H groups in total. The molecule has 0 saturated carbocycles. The van der Waals surface area contributed by atoms with E-state index in [4.69, 9.17) is 14.2 Å². The van der Waals surface area contributed by atoms with Crippen LogP contribution in [0.3, 0.4) is 0 Å². The molecule has 0 aliphatic carbocycles. The third kappa shape index (κ3) is 4.61. The summed E-state index contributed by atoms with van der Waals surface area (Å²) in [6, 6.07) is 9.83. The fourth-order valence-corrected chi connectivity index (χ4v) is 4.33. The summed E-state index contributed by atoms with van der Waals surface area (Å²) in [5, 5.41) is 0. The SMILES string of the molecule is COC(=O)c1ccc(OC(=O)c2cccc(S(=O)(=O)N3CCOCC3)c2)c(OC)c1. The van der Waals surface area contributed by atoms with Gasteiger partial charge in [0.25, 0.3) is 0 Å². The lowest BCUT2D eigenvalue weighted by Crippen LogP contribution is -2.40. The number of nitrogens with zero attached hydrogens (tertiary/aromatic N) is 1. The van der Waals surface area contributed by atoms with E-state index in [0.717, 1.165) is 0 Å². The Morgan fingerprint density at radius 3 is 2.30 bits per heavy atom. The van der Waals surface area contributed by atoms with Crippen LogP contribution in [0.15, 0.2) is 47.4 Å². The van der Waals surface area contributed by atoms with E-state index in [0.29, 0.717) is 13.2 Å². The molecule has 0 aromatic heterocycles. The van der Waals surface area contributed by atoms with E-state index < -0.39 is 22.0 Å². The second-order valence-corrected chi connectivity index (χ2v) is 8.23. The molecule has 1 aliphatic heterocycles. The van der Waals surface area contributed by atoms with Gasteiger partial charge in [-0.25, -0.2) is 18.0 Å². The second-order valence-electron chi connectivity index (χ2n) is 6.29. The number of methoxy groups -OCH3 is 2. The average Bonchev–Trinajstić information content (AvgIpc) is 2.79. The Morgan fingerprint density at radius 2 is 1.63 bits per heavy atom. The molecule has 0 spiro atoms. The highest BCUT2D eigenvalue weighted by molar-refractivity contribution is 7.89. The van der Waals surface area contributed by atoms with Gasteiger partial charge >= 0.3 is 11.9 Å². The van der Waals surface area contributed by atoms with Crippen molar-refractivity contribution in [2.45, 2.75) is 4.90 Å². The Hall–Kier alpha value is -2.95. The van der Waals surface area contributed by atoms with Crippen molar-refractivity contribution in [3.8, 4) is 11.5 Å². The molecule has 0 radical (unpaired) electrons. The highest BCUT2D eigenvalue weighted by Gasteiger charge is 2.27. The number of hydrogen-bond donors (Lipinski definition) is 0. The number of ether oxygens (including phenoxy) is 4. The topological polar surface area (TPSA) is 108 Å². The van der Waals surface area contributed by atoms with Gasteiger partial charge in [0, 0.05) is 13.1 Å². The zero-order chi connectivity index (χ0) is 21.7. The Bertz CT molecular complexity index is 1040. The molecule has 1 fully saturated rings. The van der Waals surface area contributed by atoms with E-state index in [1.54, 1.807) is 0 Å². The van der Waals surface area contributed by atoms with Crippen LogP contribution in [-0.4, -0.2) is 65.2 Å². The molecule has 1 aliphatic rings. The van der Waals surface area contributed by atoms with Crippen molar-refractivity contribution in [1.29, 1.82) is 0 Å². The van der Waals surface area contributed by atoms with Gasteiger partial charge in [0.1, 0.15) is 0 Å². The van der Waals surface area contributed by atoms with Crippen LogP contribution in [0, 0.1) is 0 Å². The molecule has 10 heteroatoms. The fourth-order valence-electron chi connectivity index (χ4n) is 2.88. The number of esters is 2. The molecular weight excluding hydrogens is 414 g/mol. The first kappa shape index (κ1) is 21.8. The van der Waals surface area contributed by atoms with Crippen molar-refractivity contribution < 1.29 is 37.0 Å². The standard InChI is InChI=1S/C20H21NO8S/c1-26-18-13-15(19(22)27-2)6-7-17(18)29-20(23)14-4-3-5-16(12-14)30(24,25)21-8-10-28-11-9-21/h3-7,12-13H,8-11H2,1-2H3. The van der Waals surface area contributed by atoms with Crippen LogP contribution in [0.1, 0.15) is 20.7 Å². The van der Waals surface area contributed by atoms with E-state index in [-0.39, 0.29) is 40.6 Å². The lowest BCUT2D eigenvalue weighted by atomic mass is 10.2. The Balaban J connectivity index is 1.83. The molecule has 2 aromatic rings. The third-order valence-electron chi connectivity index (χ3n) is 4.46. The summed E-state index contributed by atoms with van der Waals surface area (Å²) in [7, 11) is -1.14. The monoisotopic (exact) mass is 435 g/mol. The lowest BCUT2D eigenvalue weighted by Gasteiger charge is -2.26. The number of sulfonamides is 1. The van der Waals surface area contributed by atoms with Crippen LogP contribution in [0.25, 0.3) is 0 Å². The zero-order valence-electron chi connectivity index (χ0n) is 16.5. The molecule has 160 valence electrons. The first-order valence-electron chi connectivity index (χ1n) is 9.03. The summed E-state index contributed by atoms with van der Waals surface area (Å²) < 4.78 is 47.3. The molecule has 1 saturated heterocycles. The molecular formula is C20H21NO8S. The summed E-state index contributed by atoms with van der Waals surface area (Å²) >= 11 is 0. The lowest BCUT2D eigenvalue weighted by molar-refractivity contribution is 0.0600. The molecule has 9 nitrogen and oxygen atoms in total. The summed E-state index contributed by atoms with van der Waals surface area (Å²) in [6.45, 7) is 1.14. The molecule has 0 atom stereocenters. The Kier molecular flexibility index (Phi) is 6.70. The smallest absolute Gasteiger partial charge is 0.343 e. The number of morpholine rings is 1. The zero-order valence-corrected chi connectivity index (χ0v) is 17.3. The minimum absolute atomic E-state index is 0.00754. The summed E-state index contributed by atoms with van der Waals surface area (Å²) in [5.74, 6) is -1.09. The van der Waals surface area contributed by atoms with Gasteiger partial charge < -0.3 is 18.9 Å². The minimum atomic E-state index is -3.75. The summed E-state index contributed by atoms with van der Waals surface area (Å²) in [5.41, 5.74) is 0.288. The highest BCUT2D eigenvalue weighted by Crippen LogP contribution is 2.29. The molecule has 30 heavy (non-hydrogen) atoms. The van der Waals surface area contributed by atoms with Crippen molar-refractivity contribution in [3.63, 3.8) is 0 Å². The molecule has 2 aromatic carbocycles. The van der Waals surface area contributed by atoms with Gasteiger partial charge in [-0.1, -0.05) is 6.07 Å². The Morgan fingerprint density at radius 1 is 0.933 bits per heavy atom. The molecule has 3 rings (SSSR count). The van der Waals surface area contributed by atoms with Crippen LogP contribution in [0.5, 0.6) is 11.5 Å². The number of benzene rings is 2. The number of hydrogen-bond acceptors (Lipinski definition) is 8. The van der Waals surface area contributed by atoms with Gasteiger partial charge in [-0.15, -0.1) is 0 Å². The van der Waals surface area contributed by atoms with Crippen molar-refractivity contribution in [2.75, 3.05) is 40.5 Å². The van der Waals surface area contributed by atoms with Gasteiger partial charge in [0.15, 0.2) is 11.5 Å². The highest BCUT2D eigenvalue weighted by atomic mass is 32.2. The molecule has 0 unspecified atom stereocenters. The maximum atomic E-state index is 12.8. The molecule has 0 bridgehead atoms. The van der Waals surface area contributed by atoms with Gasteiger partial charge in [0.2, 0.25) is 10.0 Å². The minimum Gasteiger partial charge on any atom is -0.493 e. The van der Waals surface area contributed by atoms with E-state index in [1.165, 1.54) is 61.0 Å². The first-order valence-corrected chi connectivity index (χ1v) is 10.5. The fraction of sp³-hybridized carbons (Fsp3) is 0.300. The van der Waals surface area contributed by atoms with Crippen LogP contribution in [0.2, 0.25) is 0 Å². The largest absolute Gasteiger partial charge is 0.493 e. The third-order valence-corrected chi connectivity index (χ3v) is 6.36. The van der Waals surface area contributed by atoms with Gasteiger partial charge in [0.05, 0.1) is 43.5 Å². The van der Waals surface area contributed by atoms with Gasteiger partial charge in [-0.2, -0.15) is 4.31 Å². The van der Waals surface area contributed by atoms with E-state index in [9.17, 15) is 18.0 Å². The summed E-state index contributed by atoms with van der Waals surface area (Å²) in [4.78, 5) is 24.3. The van der Waals surface area contributed by atoms with Crippen molar-refractivity contribution in [3.05, 3.63) is 53.6 Å². The normalized spacial score (nSPS) is 14.7. The maximum Gasteiger partial charge on any atom is 0.343 e. The van der Waals surface area contributed by atoms with Crippen molar-refractivity contribution in [1.82, 2.24) is 4.31 Å². The van der Waals surface area contributed by atoms with Crippen LogP contribution >= 0.6 is 0 Å². The van der Waals surface area contributed by atoms with Crippen LogP contribution < -0.4 is 9.47 Å². The van der Waals surface area contributed by atoms with Crippen LogP contribution in [0.4, 0.5) is 0 Å². The number of carbonyl (C=O) groups is 2. The van der Waals surface area contributed by atoms with E-state index >= 15 is 0 Å². The maximum absolute atomic E-state index is 12.8. The van der Waals surface area contributed by atoms with Crippen molar-refractivity contribution in [2.24, 2.45) is 0 Å². The quantitative estimate of drug-likeness (QED) is 0.499. The van der Waals surface area contributed by atoms with Gasteiger partial charge in [-0.3, -0.25) is 0 Å². The van der Waals surface area contributed by atoms with Gasteiger partial charge in [-0.05, 0) is 36.4 Å². The molecule has 0 amide bonds. The second kappa shape index (κ2) is 9.24. The van der Waals surface area contributed by atoms with Crippen LogP contribution in [-0.2, 0) is 19.5 Å². The summed E-state index contributed by atoms with van der Waals surface area (Å²) in [6.07, 6.45) is 0. The predicted octanol–water partition coefficient (Wildman–Crippen LogP) is 1.72. The first-order chi connectivity index (χ1) is 14.4. The van der Waals surface area contributed by atoms with E-state index in [2.05, 4.69) is 4.74 Å². The van der Waals surface area contributed by atoms with E-state index in [1.807, 2.05) is 0 Å². The predicted molar refractivity (Wildman–Crippen MR) is 105 cm³/mol. The van der Waals surface area contributed by atoms with Crippen molar-refractivity contribution >= 4 is 22.0 Å². The molecule has 1 heterocycles. The Labute approximate surface area is 174 Å². The number of carbonyl (C=O) groups excluding carboxylic acids is 2. The number of rotatable bonds is 6.